The minimum absolute atomic E-state index is 0.0812. The zero-order valence-corrected chi connectivity index (χ0v) is 10.8. The van der Waals surface area contributed by atoms with E-state index in [0.29, 0.717) is 5.76 Å². The second kappa shape index (κ2) is 5.04. The van der Waals surface area contributed by atoms with Gasteiger partial charge in [0.05, 0.1) is 11.8 Å². The lowest BCUT2D eigenvalue weighted by Gasteiger charge is -2.36. The van der Waals surface area contributed by atoms with Crippen LogP contribution >= 0.6 is 15.9 Å². The Bertz CT molecular complexity index is 342. The van der Waals surface area contributed by atoms with Gasteiger partial charge in [-0.25, -0.2) is 0 Å². The molecule has 1 heterocycles. The molecule has 2 rings (SSSR count). The maximum atomic E-state index is 11.9. The SMILES string of the molecule is O=C(NC1(CBr)CCCCC1)c1ccco1. The molecule has 0 atom stereocenters. The van der Waals surface area contributed by atoms with Crippen LogP contribution < -0.4 is 5.32 Å². The Balaban J connectivity index is 2.03. The summed E-state index contributed by atoms with van der Waals surface area (Å²) in [4.78, 5) is 11.9. The molecule has 0 aromatic carbocycles. The number of halogens is 1. The van der Waals surface area contributed by atoms with E-state index >= 15 is 0 Å². The van der Waals surface area contributed by atoms with Crippen molar-refractivity contribution < 1.29 is 9.21 Å². The van der Waals surface area contributed by atoms with Crippen LogP contribution in [0.2, 0.25) is 0 Å². The van der Waals surface area contributed by atoms with Crippen molar-refractivity contribution in [3.05, 3.63) is 24.2 Å². The number of hydrogen-bond donors (Lipinski definition) is 1. The molecule has 0 saturated heterocycles. The van der Waals surface area contributed by atoms with Crippen LogP contribution in [0.25, 0.3) is 0 Å². The number of rotatable bonds is 3. The predicted molar refractivity (Wildman–Crippen MR) is 65.8 cm³/mol. The Morgan fingerprint density at radius 3 is 2.75 bits per heavy atom. The van der Waals surface area contributed by atoms with E-state index in [2.05, 4.69) is 21.2 Å². The summed E-state index contributed by atoms with van der Waals surface area (Å²) in [6.07, 6.45) is 7.26. The lowest BCUT2D eigenvalue weighted by molar-refractivity contribution is 0.0858. The van der Waals surface area contributed by atoms with E-state index in [0.717, 1.165) is 18.2 Å². The number of carbonyl (C=O) groups is 1. The molecule has 0 unspecified atom stereocenters. The second-order valence-electron chi connectivity index (χ2n) is 4.41. The summed E-state index contributed by atoms with van der Waals surface area (Å²) in [5.74, 6) is 0.289. The van der Waals surface area contributed by atoms with Gasteiger partial charge in [-0.05, 0) is 25.0 Å². The Morgan fingerprint density at radius 2 is 2.19 bits per heavy atom. The third kappa shape index (κ3) is 2.48. The third-order valence-electron chi connectivity index (χ3n) is 3.19. The molecule has 1 aliphatic carbocycles. The van der Waals surface area contributed by atoms with Gasteiger partial charge in [-0.1, -0.05) is 35.2 Å². The smallest absolute Gasteiger partial charge is 0.287 e. The maximum Gasteiger partial charge on any atom is 0.287 e. The molecule has 1 N–H and O–H groups in total. The number of amides is 1. The maximum absolute atomic E-state index is 11.9. The molecule has 1 fully saturated rings. The van der Waals surface area contributed by atoms with Gasteiger partial charge in [-0.15, -0.1) is 0 Å². The fourth-order valence-corrected chi connectivity index (χ4v) is 2.93. The minimum atomic E-state index is -0.105. The summed E-state index contributed by atoms with van der Waals surface area (Å²) in [5.41, 5.74) is -0.0812. The van der Waals surface area contributed by atoms with Gasteiger partial charge in [-0.3, -0.25) is 4.79 Å². The first kappa shape index (κ1) is 11.7. The van der Waals surface area contributed by atoms with Crippen LogP contribution in [-0.2, 0) is 0 Å². The first-order chi connectivity index (χ1) is 7.76. The van der Waals surface area contributed by atoms with Crippen molar-refractivity contribution >= 4 is 21.8 Å². The lowest BCUT2D eigenvalue weighted by Crippen LogP contribution is -2.51. The van der Waals surface area contributed by atoms with Crippen LogP contribution in [0.1, 0.15) is 42.7 Å². The summed E-state index contributed by atoms with van der Waals surface area (Å²) in [6.45, 7) is 0. The molecule has 1 saturated carbocycles. The van der Waals surface area contributed by atoms with Crippen LogP contribution in [-0.4, -0.2) is 16.8 Å². The zero-order chi connectivity index (χ0) is 11.4. The molecule has 0 radical (unpaired) electrons. The van der Waals surface area contributed by atoms with Gasteiger partial charge in [0.25, 0.3) is 5.91 Å². The molecule has 1 aliphatic rings. The molecule has 3 nitrogen and oxygen atoms in total. The quantitative estimate of drug-likeness (QED) is 0.867. The van der Waals surface area contributed by atoms with Gasteiger partial charge in [0, 0.05) is 5.33 Å². The highest BCUT2D eigenvalue weighted by Crippen LogP contribution is 2.30. The fraction of sp³-hybridized carbons (Fsp3) is 0.583. The van der Waals surface area contributed by atoms with E-state index in [-0.39, 0.29) is 11.4 Å². The van der Waals surface area contributed by atoms with Gasteiger partial charge in [0.2, 0.25) is 0 Å². The molecule has 4 heteroatoms. The molecule has 88 valence electrons. The molecule has 0 spiro atoms. The van der Waals surface area contributed by atoms with Crippen molar-refractivity contribution in [1.82, 2.24) is 5.32 Å². The average molecular weight is 286 g/mol. The van der Waals surface area contributed by atoms with Gasteiger partial charge < -0.3 is 9.73 Å². The zero-order valence-electron chi connectivity index (χ0n) is 9.17. The van der Waals surface area contributed by atoms with E-state index in [1.165, 1.54) is 25.5 Å². The Hall–Kier alpha value is -0.770. The van der Waals surface area contributed by atoms with Gasteiger partial charge in [0.15, 0.2) is 5.76 Å². The second-order valence-corrected chi connectivity index (χ2v) is 4.97. The van der Waals surface area contributed by atoms with Crippen LogP contribution in [0.5, 0.6) is 0 Å². The van der Waals surface area contributed by atoms with Crippen molar-refractivity contribution in [1.29, 1.82) is 0 Å². The average Bonchev–Trinajstić information content (AvgIpc) is 2.84. The summed E-state index contributed by atoms with van der Waals surface area (Å²) in [7, 11) is 0. The van der Waals surface area contributed by atoms with Crippen LogP contribution in [0.3, 0.4) is 0 Å². The Morgan fingerprint density at radius 1 is 1.44 bits per heavy atom. The number of carbonyl (C=O) groups excluding carboxylic acids is 1. The fourth-order valence-electron chi connectivity index (χ4n) is 2.23. The molecular weight excluding hydrogens is 270 g/mol. The van der Waals surface area contributed by atoms with E-state index < -0.39 is 0 Å². The molecule has 0 aliphatic heterocycles. The molecule has 1 amide bonds. The molecule has 0 bridgehead atoms. The normalized spacial score (nSPS) is 19.3. The van der Waals surface area contributed by atoms with Gasteiger partial charge >= 0.3 is 0 Å². The number of hydrogen-bond acceptors (Lipinski definition) is 2. The summed E-state index contributed by atoms with van der Waals surface area (Å²) in [5, 5.41) is 3.92. The first-order valence-corrected chi connectivity index (χ1v) is 6.80. The van der Waals surface area contributed by atoms with E-state index in [4.69, 9.17) is 4.42 Å². The molecular formula is C12H16BrNO2. The van der Waals surface area contributed by atoms with Crippen molar-refractivity contribution in [2.24, 2.45) is 0 Å². The van der Waals surface area contributed by atoms with Crippen molar-refractivity contribution in [3.63, 3.8) is 0 Å². The van der Waals surface area contributed by atoms with Gasteiger partial charge in [0.1, 0.15) is 0 Å². The predicted octanol–water partition coefficient (Wildman–Crippen LogP) is 3.11. The molecule has 16 heavy (non-hydrogen) atoms. The number of furan rings is 1. The highest BCUT2D eigenvalue weighted by Gasteiger charge is 2.33. The Labute approximate surface area is 104 Å². The van der Waals surface area contributed by atoms with E-state index in [1.54, 1.807) is 12.1 Å². The van der Waals surface area contributed by atoms with Crippen LogP contribution in [0.4, 0.5) is 0 Å². The van der Waals surface area contributed by atoms with Crippen LogP contribution in [0.15, 0.2) is 22.8 Å². The van der Waals surface area contributed by atoms with E-state index in [1.807, 2.05) is 0 Å². The van der Waals surface area contributed by atoms with Crippen molar-refractivity contribution in [3.8, 4) is 0 Å². The van der Waals surface area contributed by atoms with Crippen molar-refractivity contribution in [2.75, 3.05) is 5.33 Å². The largest absolute Gasteiger partial charge is 0.459 e. The number of alkyl halides is 1. The van der Waals surface area contributed by atoms with Crippen LogP contribution in [0, 0.1) is 0 Å². The summed E-state index contributed by atoms with van der Waals surface area (Å²) in [6, 6.07) is 3.43. The number of nitrogens with one attached hydrogen (secondary N) is 1. The third-order valence-corrected chi connectivity index (χ3v) is 4.26. The highest BCUT2D eigenvalue weighted by atomic mass is 79.9. The first-order valence-electron chi connectivity index (χ1n) is 5.68. The Kier molecular flexibility index (Phi) is 3.69. The minimum Gasteiger partial charge on any atom is -0.459 e. The lowest BCUT2D eigenvalue weighted by atomic mass is 9.83. The van der Waals surface area contributed by atoms with Crippen molar-refractivity contribution in [2.45, 2.75) is 37.6 Å². The van der Waals surface area contributed by atoms with E-state index in [9.17, 15) is 4.79 Å². The summed E-state index contributed by atoms with van der Waals surface area (Å²) < 4.78 is 5.10. The standard InChI is InChI=1S/C12H16BrNO2/c13-9-12(6-2-1-3-7-12)14-11(15)10-5-4-8-16-10/h4-5,8H,1-3,6-7,9H2,(H,14,15). The highest BCUT2D eigenvalue weighted by molar-refractivity contribution is 9.09. The van der Waals surface area contributed by atoms with Gasteiger partial charge in [-0.2, -0.15) is 0 Å². The topological polar surface area (TPSA) is 42.2 Å². The monoisotopic (exact) mass is 285 g/mol. The summed E-state index contributed by atoms with van der Waals surface area (Å²) >= 11 is 3.51. The molecule has 1 aromatic heterocycles. The molecule has 1 aromatic rings.